The van der Waals surface area contributed by atoms with Crippen molar-refractivity contribution in [2.75, 3.05) is 13.2 Å². The van der Waals surface area contributed by atoms with E-state index in [4.69, 9.17) is 17.0 Å². The molecule has 3 heterocycles. The second kappa shape index (κ2) is 7.82. The maximum atomic E-state index is 13.2. The average molecular weight is 519 g/mol. The number of aromatic amines is 1. The van der Waals surface area contributed by atoms with Gasteiger partial charge in [-0.3, -0.25) is 19.3 Å². The molecule has 2 aliphatic heterocycles. The maximum Gasteiger partial charge on any atom is 0.323 e. The molecular weight excluding hydrogens is 496 g/mol. The quantitative estimate of drug-likeness (QED) is 0.407. The van der Waals surface area contributed by atoms with E-state index in [2.05, 4.69) is 4.98 Å². The van der Waals surface area contributed by atoms with Gasteiger partial charge in [0.1, 0.15) is 6.54 Å². The molecule has 11 heteroatoms. The van der Waals surface area contributed by atoms with Crippen LogP contribution < -0.4 is 4.74 Å². The molecule has 1 aromatic carbocycles. The summed E-state index contributed by atoms with van der Waals surface area (Å²) in [6, 6.07) is 5.40. The van der Waals surface area contributed by atoms with Crippen LogP contribution in [0, 0.1) is 33.5 Å². The molecule has 0 spiro atoms. The molecule has 4 aliphatic rings. The lowest BCUT2D eigenvalue weighted by Crippen LogP contribution is -2.42. The predicted molar refractivity (Wildman–Crippen MR) is 127 cm³/mol. The number of rotatable bonds is 5. The smallest absolute Gasteiger partial charge is 0.323 e. The van der Waals surface area contributed by atoms with Gasteiger partial charge >= 0.3 is 5.97 Å². The SMILES string of the molecule is CCOc1cc(C2c3sc(=S)[nH]c3SC3C4CC(C5C(=O)N(CC(=O)O)C(=O)C45)C23)ccc1O. The Morgan fingerprint density at radius 3 is 2.71 bits per heavy atom. The zero-order chi connectivity index (χ0) is 23.9. The van der Waals surface area contributed by atoms with E-state index in [1.165, 1.54) is 11.3 Å². The molecule has 7 unspecified atom stereocenters. The Balaban J connectivity index is 1.45. The molecule has 6 rings (SSSR count). The Hall–Kier alpha value is -2.37. The zero-order valence-electron chi connectivity index (χ0n) is 18.1. The molecule has 7 atom stereocenters. The number of thioether (sulfide) groups is 1. The van der Waals surface area contributed by atoms with Gasteiger partial charge in [0.25, 0.3) is 0 Å². The van der Waals surface area contributed by atoms with E-state index in [1.807, 2.05) is 19.1 Å². The third-order valence-corrected chi connectivity index (χ3v) is 10.7. The number of nitrogens with one attached hydrogen (secondary N) is 1. The first kappa shape index (κ1) is 22.1. The molecule has 178 valence electrons. The van der Waals surface area contributed by atoms with Gasteiger partial charge < -0.3 is 19.9 Å². The normalized spacial score (nSPS) is 33.1. The minimum atomic E-state index is -1.18. The Labute approximate surface area is 208 Å². The summed E-state index contributed by atoms with van der Waals surface area (Å²) >= 11 is 8.69. The number of imide groups is 1. The monoisotopic (exact) mass is 518 g/mol. The first-order chi connectivity index (χ1) is 16.3. The topological polar surface area (TPSA) is 120 Å². The number of aromatic hydroxyl groups is 1. The van der Waals surface area contributed by atoms with Crippen LogP contribution in [-0.2, 0) is 14.4 Å². The highest BCUT2D eigenvalue weighted by Gasteiger charge is 2.69. The van der Waals surface area contributed by atoms with Gasteiger partial charge in [-0.25, -0.2) is 0 Å². The standard InChI is InChI=1S/C23H22N2O6S3/c1-2-31-12-5-8(3-4-11(12)26)14-15-9-6-10(18(15)33-20-19(14)34-23(32)24-20)17-16(9)21(29)25(22(17)30)7-13(27)28/h3-5,9-10,14-18,26H,2,6-7H2,1H3,(H,24,32)(H,27,28). The number of carbonyl (C=O) groups excluding carboxylic acids is 2. The summed E-state index contributed by atoms with van der Waals surface area (Å²) < 4.78 is 6.32. The van der Waals surface area contributed by atoms with Crippen LogP contribution in [0.4, 0.5) is 0 Å². The van der Waals surface area contributed by atoms with Gasteiger partial charge in [-0.1, -0.05) is 6.07 Å². The Morgan fingerprint density at radius 2 is 2.00 bits per heavy atom. The van der Waals surface area contributed by atoms with E-state index < -0.39 is 24.3 Å². The fourth-order valence-electron chi connectivity index (χ4n) is 6.74. The fourth-order valence-corrected chi connectivity index (χ4v) is 10.1. The van der Waals surface area contributed by atoms with Crippen LogP contribution >= 0.6 is 35.3 Å². The van der Waals surface area contributed by atoms with Crippen LogP contribution in [0.15, 0.2) is 23.2 Å². The van der Waals surface area contributed by atoms with E-state index in [9.17, 15) is 24.6 Å². The summed E-state index contributed by atoms with van der Waals surface area (Å²) in [4.78, 5) is 43.0. The van der Waals surface area contributed by atoms with E-state index in [0.717, 1.165) is 26.8 Å². The maximum absolute atomic E-state index is 13.2. The van der Waals surface area contributed by atoms with Crippen LogP contribution in [0.1, 0.15) is 29.7 Å². The number of fused-ring (bicyclic) bond motifs is 9. The first-order valence-corrected chi connectivity index (χ1v) is 13.3. The summed E-state index contributed by atoms with van der Waals surface area (Å²) in [6.45, 7) is 1.70. The highest BCUT2D eigenvalue weighted by molar-refractivity contribution is 8.00. The largest absolute Gasteiger partial charge is 0.504 e. The number of carboxylic acids is 1. The van der Waals surface area contributed by atoms with Gasteiger partial charge in [-0.2, -0.15) is 0 Å². The van der Waals surface area contributed by atoms with Gasteiger partial charge in [0, 0.05) is 16.0 Å². The van der Waals surface area contributed by atoms with Gasteiger partial charge in [0.2, 0.25) is 11.8 Å². The number of aromatic nitrogens is 1. The molecule has 1 aromatic heterocycles. The molecule has 3 N–H and O–H groups in total. The number of thiazole rings is 1. The first-order valence-electron chi connectivity index (χ1n) is 11.2. The van der Waals surface area contributed by atoms with Crippen molar-refractivity contribution in [3.05, 3.63) is 32.6 Å². The number of hydrogen-bond donors (Lipinski definition) is 3. The zero-order valence-corrected chi connectivity index (χ0v) is 20.5. The number of likely N-dealkylation sites (tertiary alicyclic amines) is 1. The summed E-state index contributed by atoms with van der Waals surface area (Å²) in [5, 5.41) is 20.6. The van der Waals surface area contributed by atoms with Crippen LogP contribution in [0.3, 0.4) is 0 Å². The van der Waals surface area contributed by atoms with E-state index in [-0.39, 0.29) is 46.5 Å². The fraction of sp³-hybridized carbons (Fsp3) is 0.478. The summed E-state index contributed by atoms with van der Waals surface area (Å²) in [6.07, 6.45) is 0.776. The molecule has 34 heavy (non-hydrogen) atoms. The van der Waals surface area contributed by atoms with Crippen molar-refractivity contribution in [1.29, 1.82) is 0 Å². The number of aliphatic carboxylic acids is 1. The number of benzene rings is 1. The van der Waals surface area contributed by atoms with Crippen molar-refractivity contribution in [3.8, 4) is 11.5 Å². The number of nitrogens with zero attached hydrogens (tertiary/aromatic N) is 1. The molecule has 2 bridgehead atoms. The number of hydrogen-bond acceptors (Lipinski definition) is 8. The Morgan fingerprint density at radius 1 is 1.26 bits per heavy atom. The van der Waals surface area contributed by atoms with E-state index in [0.29, 0.717) is 16.3 Å². The second-order valence-electron chi connectivity index (χ2n) is 9.28. The third kappa shape index (κ3) is 3.02. The Kier molecular flexibility index (Phi) is 5.09. The highest BCUT2D eigenvalue weighted by Crippen LogP contribution is 2.68. The van der Waals surface area contributed by atoms with Crippen molar-refractivity contribution >= 4 is 53.1 Å². The van der Waals surface area contributed by atoms with Gasteiger partial charge in [0.15, 0.2) is 15.5 Å². The van der Waals surface area contributed by atoms with Gasteiger partial charge in [0.05, 0.1) is 23.5 Å². The summed E-state index contributed by atoms with van der Waals surface area (Å²) in [7, 11) is 0. The number of carbonyl (C=O) groups is 3. The number of ether oxygens (including phenoxy) is 1. The number of phenolic OH excluding ortho intramolecular Hbond substituents is 1. The van der Waals surface area contributed by atoms with Crippen molar-refractivity contribution in [1.82, 2.24) is 9.88 Å². The van der Waals surface area contributed by atoms with E-state index in [1.54, 1.807) is 17.8 Å². The molecule has 2 aromatic rings. The van der Waals surface area contributed by atoms with Crippen molar-refractivity contribution in [2.24, 2.45) is 29.6 Å². The molecule has 2 amide bonds. The summed E-state index contributed by atoms with van der Waals surface area (Å²) in [5.41, 5.74) is 0.978. The lowest BCUT2D eigenvalue weighted by molar-refractivity contribution is -0.149. The Bertz CT molecular complexity index is 1290. The number of carboxylic acid groups (broad SMARTS) is 1. The highest BCUT2D eigenvalue weighted by atomic mass is 32.2. The molecule has 8 nitrogen and oxygen atoms in total. The molecule has 0 radical (unpaired) electrons. The number of amides is 2. The van der Waals surface area contributed by atoms with Crippen LogP contribution in [0.5, 0.6) is 11.5 Å². The van der Waals surface area contributed by atoms with Crippen molar-refractivity contribution < 1.29 is 29.3 Å². The van der Waals surface area contributed by atoms with Crippen LogP contribution in [0.2, 0.25) is 0 Å². The minimum absolute atomic E-state index is 0.00115. The van der Waals surface area contributed by atoms with E-state index >= 15 is 0 Å². The lowest BCUT2D eigenvalue weighted by atomic mass is 9.68. The van der Waals surface area contributed by atoms with Crippen LogP contribution in [-0.4, -0.2) is 56.3 Å². The lowest BCUT2D eigenvalue weighted by Gasteiger charge is -2.43. The average Bonchev–Trinajstić information content (AvgIpc) is 3.51. The molecule has 2 aliphatic carbocycles. The molecule has 1 saturated heterocycles. The minimum Gasteiger partial charge on any atom is -0.504 e. The molecular formula is C23H22N2O6S3. The summed E-state index contributed by atoms with van der Waals surface area (Å²) in [5.74, 6) is -2.31. The number of phenols is 1. The van der Waals surface area contributed by atoms with Gasteiger partial charge in [-0.15, -0.1) is 23.1 Å². The molecule has 3 fully saturated rings. The second-order valence-corrected chi connectivity index (χ2v) is 12.2. The van der Waals surface area contributed by atoms with Gasteiger partial charge in [-0.05, 0) is 61.0 Å². The third-order valence-electron chi connectivity index (χ3n) is 7.75. The number of H-pyrrole nitrogens is 1. The predicted octanol–water partition coefficient (Wildman–Crippen LogP) is 3.47. The van der Waals surface area contributed by atoms with Crippen molar-refractivity contribution in [2.45, 2.75) is 29.5 Å². The molecule has 2 saturated carbocycles. The van der Waals surface area contributed by atoms with Crippen LogP contribution in [0.25, 0.3) is 0 Å². The van der Waals surface area contributed by atoms with Crippen molar-refractivity contribution in [3.63, 3.8) is 0 Å².